The van der Waals surface area contributed by atoms with Crippen LogP contribution in [0.3, 0.4) is 0 Å². The maximum absolute atomic E-state index is 14.0. The number of rotatable bonds is 11. The van der Waals surface area contributed by atoms with E-state index >= 15 is 0 Å². The van der Waals surface area contributed by atoms with E-state index in [1.54, 1.807) is 16.8 Å². The Balaban J connectivity index is 1.45. The molecule has 1 fully saturated rings. The first-order valence-electron chi connectivity index (χ1n) is 15.9. The number of thiophene rings is 1. The van der Waals surface area contributed by atoms with Gasteiger partial charge in [-0.15, -0.1) is 11.3 Å². The van der Waals surface area contributed by atoms with Crippen molar-refractivity contribution >= 4 is 54.6 Å². The van der Waals surface area contributed by atoms with Crippen molar-refractivity contribution in [3.63, 3.8) is 0 Å². The maximum atomic E-state index is 14.0. The average Bonchev–Trinajstić information content (AvgIpc) is 3.53. The normalized spacial score (nSPS) is 14.7. The molecule has 1 aromatic carbocycles. The van der Waals surface area contributed by atoms with Gasteiger partial charge in [0, 0.05) is 37.6 Å². The lowest BCUT2D eigenvalue weighted by Gasteiger charge is -2.26. The molecule has 0 radical (unpaired) electrons. The lowest BCUT2D eigenvalue weighted by Crippen LogP contribution is -2.34. The number of aryl methyl sites for hydroxylation is 1. The summed E-state index contributed by atoms with van der Waals surface area (Å²) in [7, 11) is 0. The molecule has 0 saturated carbocycles. The van der Waals surface area contributed by atoms with Gasteiger partial charge < -0.3 is 14.4 Å². The first-order chi connectivity index (χ1) is 20.8. The molecular weight excluding hydrogens is 558 g/mol. The van der Waals surface area contributed by atoms with Crippen molar-refractivity contribution in [3.05, 3.63) is 46.5 Å². The number of hydrogen-bond donors (Lipinski definition) is 0. The molecule has 0 aliphatic carbocycles. The molecule has 5 aromatic rings. The van der Waals surface area contributed by atoms with E-state index in [2.05, 4.69) is 47.1 Å². The van der Waals surface area contributed by atoms with Gasteiger partial charge in [0.15, 0.2) is 0 Å². The number of carbonyl (C=O) groups is 1. The number of aromatic nitrogens is 5. The number of imidazole rings is 1. The molecule has 10 heteroatoms. The molecule has 1 saturated heterocycles. The number of nitrogens with zero attached hydrogens (tertiary/aromatic N) is 7. The van der Waals surface area contributed by atoms with E-state index in [4.69, 9.17) is 4.98 Å². The van der Waals surface area contributed by atoms with E-state index < -0.39 is 0 Å². The minimum Gasteiger partial charge on any atom is -0.339 e. The van der Waals surface area contributed by atoms with Gasteiger partial charge in [-0.05, 0) is 81.8 Å². The summed E-state index contributed by atoms with van der Waals surface area (Å²) in [6, 6.07) is 5.79. The molecule has 4 aromatic heterocycles. The van der Waals surface area contributed by atoms with Crippen LogP contribution in [-0.2, 0) is 6.54 Å². The number of carbonyl (C=O) groups excluding carboxylic acids is 1. The second-order valence-electron chi connectivity index (χ2n) is 12.8. The van der Waals surface area contributed by atoms with Crippen LogP contribution in [0.1, 0.15) is 76.6 Å². The van der Waals surface area contributed by atoms with Crippen molar-refractivity contribution in [2.75, 3.05) is 32.7 Å². The molecular formula is C33H43N7O2S. The Kier molecular flexibility index (Phi) is 8.77. The van der Waals surface area contributed by atoms with Gasteiger partial charge in [0.2, 0.25) is 5.78 Å². The van der Waals surface area contributed by atoms with Crippen molar-refractivity contribution in [1.29, 1.82) is 0 Å². The van der Waals surface area contributed by atoms with Gasteiger partial charge in [-0.1, -0.05) is 34.1 Å². The second-order valence-corrected chi connectivity index (χ2v) is 13.8. The largest absolute Gasteiger partial charge is 0.339 e. The molecule has 43 heavy (non-hydrogen) atoms. The van der Waals surface area contributed by atoms with Crippen LogP contribution in [0.15, 0.2) is 35.4 Å². The summed E-state index contributed by atoms with van der Waals surface area (Å²) in [5.41, 5.74) is 3.45. The lowest BCUT2D eigenvalue weighted by atomic mass is 10.1. The standard InChI is InChI=1S/C33H43N7O2S/c1-22(2)11-19-38(20-12-23(3)4)31(41)24-9-10-25-26(21-24)39(18-8-17-37-15-6-5-7-16-37)33-36-27-28-30(35-14-13-34-28)43-29(27)32(42)40(25)33/h9-10,13-14,21-23H,5-8,11-12,15-20H2,1-4H3. The molecule has 9 nitrogen and oxygen atoms in total. The summed E-state index contributed by atoms with van der Waals surface area (Å²) >= 11 is 1.34. The third-order valence-electron chi connectivity index (χ3n) is 8.65. The molecule has 0 bridgehead atoms. The van der Waals surface area contributed by atoms with E-state index in [0.717, 1.165) is 63.0 Å². The molecule has 0 unspecified atom stereocenters. The molecule has 5 heterocycles. The van der Waals surface area contributed by atoms with Gasteiger partial charge >= 0.3 is 0 Å². The van der Waals surface area contributed by atoms with Crippen LogP contribution in [0.5, 0.6) is 0 Å². The van der Waals surface area contributed by atoms with Crippen molar-refractivity contribution in [3.8, 4) is 0 Å². The summed E-state index contributed by atoms with van der Waals surface area (Å²) in [4.78, 5) is 47.2. The van der Waals surface area contributed by atoms with Crippen molar-refractivity contribution < 1.29 is 4.79 Å². The zero-order valence-electron chi connectivity index (χ0n) is 25.9. The summed E-state index contributed by atoms with van der Waals surface area (Å²) in [5.74, 6) is 1.69. The van der Waals surface area contributed by atoms with Crippen LogP contribution in [0.2, 0.25) is 0 Å². The first-order valence-corrected chi connectivity index (χ1v) is 16.7. The fourth-order valence-electron chi connectivity index (χ4n) is 6.16. The highest BCUT2D eigenvalue weighted by Gasteiger charge is 2.23. The van der Waals surface area contributed by atoms with Gasteiger partial charge in [-0.3, -0.25) is 9.59 Å². The number of amides is 1. The number of likely N-dealkylation sites (tertiary alicyclic amines) is 1. The summed E-state index contributed by atoms with van der Waals surface area (Å²) in [5, 5.41) is 0. The van der Waals surface area contributed by atoms with Crippen molar-refractivity contribution in [1.82, 2.24) is 33.7 Å². The Morgan fingerprint density at radius 3 is 2.37 bits per heavy atom. The van der Waals surface area contributed by atoms with Crippen LogP contribution < -0.4 is 5.56 Å². The Morgan fingerprint density at radius 2 is 1.65 bits per heavy atom. The number of fused-ring (bicyclic) bond motifs is 6. The number of hydrogen-bond acceptors (Lipinski definition) is 7. The third kappa shape index (κ3) is 6.04. The fraction of sp³-hybridized carbons (Fsp3) is 0.545. The number of benzene rings is 1. The Labute approximate surface area is 256 Å². The minimum absolute atomic E-state index is 0.0517. The smallest absolute Gasteiger partial charge is 0.277 e. The molecule has 0 N–H and O–H groups in total. The zero-order chi connectivity index (χ0) is 30.1. The first kappa shape index (κ1) is 29.7. The van der Waals surface area contributed by atoms with Gasteiger partial charge in [0.25, 0.3) is 11.5 Å². The second kappa shape index (κ2) is 12.7. The van der Waals surface area contributed by atoms with Gasteiger partial charge in [0.05, 0.1) is 11.0 Å². The molecule has 1 aliphatic heterocycles. The SMILES string of the molecule is CC(C)CCN(CCC(C)C)C(=O)c1ccc2c(c1)n(CCCN1CCCCC1)c1nc3c(sc4nccnc43)c(=O)n21. The monoisotopic (exact) mass is 601 g/mol. The minimum atomic E-state index is -0.112. The maximum Gasteiger partial charge on any atom is 0.277 e. The molecule has 228 valence electrons. The summed E-state index contributed by atoms with van der Waals surface area (Å²) in [6.45, 7) is 14.3. The topological polar surface area (TPSA) is 88.6 Å². The number of piperidine rings is 1. The van der Waals surface area contributed by atoms with Gasteiger partial charge in [-0.2, -0.15) is 0 Å². The average molecular weight is 602 g/mol. The van der Waals surface area contributed by atoms with E-state index in [1.807, 2.05) is 23.1 Å². The van der Waals surface area contributed by atoms with E-state index in [0.29, 0.717) is 50.3 Å². The van der Waals surface area contributed by atoms with Crippen LogP contribution in [0, 0.1) is 11.8 Å². The van der Waals surface area contributed by atoms with E-state index in [-0.39, 0.29) is 11.5 Å². The summed E-state index contributed by atoms with van der Waals surface area (Å²) < 4.78 is 4.42. The molecule has 0 spiro atoms. The molecule has 0 atom stereocenters. The van der Waals surface area contributed by atoms with Crippen molar-refractivity contribution in [2.24, 2.45) is 11.8 Å². The molecule has 1 aliphatic rings. The predicted octanol–water partition coefficient (Wildman–Crippen LogP) is 6.22. The van der Waals surface area contributed by atoms with E-state index in [1.165, 1.54) is 30.6 Å². The Hall–Kier alpha value is -3.37. The molecule has 1 amide bonds. The highest BCUT2D eigenvalue weighted by molar-refractivity contribution is 7.25. The lowest BCUT2D eigenvalue weighted by molar-refractivity contribution is 0.0741. The quantitative estimate of drug-likeness (QED) is 0.179. The van der Waals surface area contributed by atoms with Gasteiger partial charge in [-0.25, -0.2) is 19.4 Å². The van der Waals surface area contributed by atoms with Crippen LogP contribution in [0.25, 0.3) is 37.4 Å². The van der Waals surface area contributed by atoms with E-state index in [9.17, 15) is 9.59 Å². The highest BCUT2D eigenvalue weighted by atomic mass is 32.1. The molecule has 6 rings (SSSR count). The van der Waals surface area contributed by atoms with Crippen LogP contribution in [-0.4, -0.2) is 72.4 Å². The zero-order valence-corrected chi connectivity index (χ0v) is 26.7. The predicted molar refractivity (Wildman–Crippen MR) is 175 cm³/mol. The Morgan fingerprint density at radius 1 is 0.930 bits per heavy atom. The highest BCUT2D eigenvalue weighted by Crippen LogP contribution is 2.30. The van der Waals surface area contributed by atoms with Crippen LogP contribution >= 0.6 is 11.3 Å². The summed E-state index contributed by atoms with van der Waals surface area (Å²) in [6.07, 6.45) is 9.99. The fourth-order valence-corrected chi connectivity index (χ4v) is 7.13. The Bertz CT molecular complexity index is 1800. The van der Waals surface area contributed by atoms with Crippen molar-refractivity contribution in [2.45, 2.75) is 72.8 Å². The van der Waals surface area contributed by atoms with Crippen LogP contribution in [0.4, 0.5) is 0 Å². The van der Waals surface area contributed by atoms with Gasteiger partial charge in [0.1, 0.15) is 20.6 Å². The third-order valence-corrected chi connectivity index (χ3v) is 9.72.